The highest BCUT2D eigenvalue weighted by Gasteiger charge is 2.05. The maximum atomic E-state index is 5.72. The van der Waals surface area contributed by atoms with Gasteiger partial charge in [0.05, 0.1) is 10.9 Å². The van der Waals surface area contributed by atoms with Crippen molar-refractivity contribution in [2.75, 3.05) is 12.0 Å². The Hall–Kier alpha value is -1.36. The number of thioether (sulfide) groups is 1. The van der Waals surface area contributed by atoms with Crippen LogP contribution in [-0.4, -0.2) is 21.2 Å². The van der Waals surface area contributed by atoms with Crippen LogP contribution in [0.1, 0.15) is 5.56 Å². The van der Waals surface area contributed by atoms with Crippen LogP contribution < -0.4 is 5.73 Å². The van der Waals surface area contributed by atoms with Gasteiger partial charge in [-0.05, 0) is 18.7 Å². The van der Waals surface area contributed by atoms with Gasteiger partial charge >= 0.3 is 0 Å². The van der Waals surface area contributed by atoms with Gasteiger partial charge in [0.15, 0.2) is 5.16 Å². The highest BCUT2D eigenvalue weighted by Crippen LogP contribution is 2.21. The Labute approximate surface area is 86.0 Å². The van der Waals surface area contributed by atoms with Crippen LogP contribution in [0.25, 0.3) is 10.9 Å². The molecule has 0 radical (unpaired) electrons. The molecule has 5 heteroatoms. The number of hydrogen-bond acceptors (Lipinski definition) is 5. The lowest BCUT2D eigenvalue weighted by Crippen LogP contribution is -1.96. The van der Waals surface area contributed by atoms with Crippen molar-refractivity contribution in [2.24, 2.45) is 0 Å². The van der Waals surface area contributed by atoms with Gasteiger partial charge in [0.2, 0.25) is 0 Å². The van der Waals surface area contributed by atoms with Gasteiger partial charge in [0.1, 0.15) is 5.82 Å². The summed E-state index contributed by atoms with van der Waals surface area (Å²) in [5, 5.41) is 1.58. The summed E-state index contributed by atoms with van der Waals surface area (Å²) in [5.74, 6) is 0.484. The van der Waals surface area contributed by atoms with Gasteiger partial charge in [-0.15, -0.1) is 0 Å². The van der Waals surface area contributed by atoms with Crippen molar-refractivity contribution in [1.82, 2.24) is 15.0 Å². The van der Waals surface area contributed by atoms with E-state index >= 15 is 0 Å². The van der Waals surface area contributed by atoms with Crippen LogP contribution >= 0.6 is 11.8 Å². The molecule has 0 atom stereocenters. The van der Waals surface area contributed by atoms with E-state index in [1.54, 1.807) is 12.4 Å². The summed E-state index contributed by atoms with van der Waals surface area (Å²) in [4.78, 5) is 12.6. The van der Waals surface area contributed by atoms with Gasteiger partial charge in [-0.25, -0.2) is 15.0 Å². The first-order valence-corrected chi connectivity index (χ1v) is 5.36. The second kappa shape index (κ2) is 3.42. The summed E-state index contributed by atoms with van der Waals surface area (Å²) in [6.45, 7) is 1.96. The van der Waals surface area contributed by atoms with Gasteiger partial charge in [-0.2, -0.15) is 0 Å². The molecule has 0 fully saturated rings. The standard InChI is InChI=1S/C9H10N4S/c1-5-3-11-8(10)6-4-12-9(14-2)13-7(5)6/h3-4H,1-2H3,(H2,10,11). The highest BCUT2D eigenvalue weighted by atomic mass is 32.2. The highest BCUT2D eigenvalue weighted by molar-refractivity contribution is 7.98. The fraction of sp³-hybridized carbons (Fsp3) is 0.222. The predicted octanol–water partition coefficient (Wildman–Crippen LogP) is 1.64. The molecule has 0 spiro atoms. The summed E-state index contributed by atoms with van der Waals surface area (Å²) >= 11 is 1.51. The Kier molecular flexibility index (Phi) is 2.25. The second-order valence-electron chi connectivity index (χ2n) is 2.95. The van der Waals surface area contributed by atoms with E-state index < -0.39 is 0 Å². The average molecular weight is 206 g/mol. The van der Waals surface area contributed by atoms with Crippen LogP contribution in [0, 0.1) is 6.92 Å². The molecule has 2 aromatic heterocycles. The fourth-order valence-corrected chi connectivity index (χ4v) is 1.59. The SMILES string of the molecule is CSc1ncc2c(N)ncc(C)c2n1. The van der Waals surface area contributed by atoms with Crippen LogP contribution in [0.15, 0.2) is 17.6 Å². The summed E-state index contributed by atoms with van der Waals surface area (Å²) in [6.07, 6.45) is 5.40. The molecule has 0 aliphatic rings. The first kappa shape index (κ1) is 9.21. The molecule has 14 heavy (non-hydrogen) atoms. The molecule has 0 saturated heterocycles. The number of aryl methyl sites for hydroxylation is 1. The van der Waals surface area contributed by atoms with Gasteiger partial charge < -0.3 is 5.73 Å². The molecule has 2 heterocycles. The van der Waals surface area contributed by atoms with E-state index in [0.29, 0.717) is 5.82 Å². The summed E-state index contributed by atoms with van der Waals surface area (Å²) < 4.78 is 0. The Bertz CT molecular complexity index is 483. The fourth-order valence-electron chi connectivity index (χ4n) is 1.25. The zero-order valence-corrected chi connectivity index (χ0v) is 8.80. The molecule has 0 aliphatic heterocycles. The van der Waals surface area contributed by atoms with Crippen LogP contribution in [0.2, 0.25) is 0 Å². The first-order chi connectivity index (χ1) is 6.72. The molecule has 0 unspecified atom stereocenters. The minimum atomic E-state index is 0.484. The maximum absolute atomic E-state index is 5.72. The van der Waals surface area contributed by atoms with Crippen molar-refractivity contribution < 1.29 is 0 Å². The summed E-state index contributed by atoms with van der Waals surface area (Å²) in [6, 6.07) is 0. The minimum Gasteiger partial charge on any atom is -0.383 e. The van der Waals surface area contributed by atoms with Crippen LogP contribution in [0.3, 0.4) is 0 Å². The van der Waals surface area contributed by atoms with E-state index in [2.05, 4.69) is 15.0 Å². The predicted molar refractivity (Wildman–Crippen MR) is 58.3 cm³/mol. The van der Waals surface area contributed by atoms with Crippen LogP contribution in [-0.2, 0) is 0 Å². The van der Waals surface area contributed by atoms with Gasteiger partial charge in [0, 0.05) is 12.4 Å². The molecule has 2 rings (SSSR count). The smallest absolute Gasteiger partial charge is 0.187 e. The molecule has 0 aliphatic carbocycles. The second-order valence-corrected chi connectivity index (χ2v) is 3.72. The summed E-state index contributed by atoms with van der Waals surface area (Å²) in [5.41, 5.74) is 7.62. The molecule has 0 amide bonds. The third-order valence-electron chi connectivity index (χ3n) is 2.00. The van der Waals surface area contributed by atoms with Crippen molar-refractivity contribution >= 4 is 28.5 Å². The molecule has 72 valence electrons. The topological polar surface area (TPSA) is 64.7 Å². The van der Waals surface area contributed by atoms with E-state index in [4.69, 9.17) is 5.73 Å². The number of nitrogens with zero attached hydrogens (tertiary/aromatic N) is 3. The lowest BCUT2D eigenvalue weighted by molar-refractivity contribution is 1.00. The normalized spacial score (nSPS) is 10.7. The molecule has 0 aromatic carbocycles. The number of anilines is 1. The lowest BCUT2D eigenvalue weighted by Gasteiger charge is -2.03. The van der Waals surface area contributed by atoms with Crippen LogP contribution in [0.5, 0.6) is 0 Å². The third kappa shape index (κ3) is 1.39. The third-order valence-corrected chi connectivity index (χ3v) is 2.56. The van der Waals surface area contributed by atoms with Gasteiger partial charge in [-0.3, -0.25) is 0 Å². The Morgan fingerprint density at radius 1 is 1.29 bits per heavy atom. The zero-order valence-electron chi connectivity index (χ0n) is 7.98. The van der Waals surface area contributed by atoms with E-state index in [1.165, 1.54) is 11.8 Å². The zero-order chi connectivity index (χ0) is 10.1. The lowest BCUT2D eigenvalue weighted by atomic mass is 10.2. The van der Waals surface area contributed by atoms with Crippen LogP contribution in [0.4, 0.5) is 5.82 Å². The van der Waals surface area contributed by atoms with E-state index in [0.717, 1.165) is 21.6 Å². The average Bonchev–Trinajstić information content (AvgIpc) is 2.23. The molecule has 4 nitrogen and oxygen atoms in total. The number of pyridine rings is 1. The van der Waals surface area contributed by atoms with E-state index in [1.807, 2.05) is 13.2 Å². The molecule has 2 N–H and O–H groups in total. The van der Waals surface area contributed by atoms with Crippen molar-refractivity contribution in [1.29, 1.82) is 0 Å². The van der Waals surface area contributed by atoms with Gasteiger partial charge in [0.25, 0.3) is 0 Å². The quantitative estimate of drug-likeness (QED) is 0.567. The number of rotatable bonds is 1. The van der Waals surface area contributed by atoms with Gasteiger partial charge in [-0.1, -0.05) is 11.8 Å². The maximum Gasteiger partial charge on any atom is 0.187 e. The van der Waals surface area contributed by atoms with Crippen molar-refractivity contribution in [3.63, 3.8) is 0 Å². The van der Waals surface area contributed by atoms with Crippen molar-refractivity contribution in [3.05, 3.63) is 18.0 Å². The van der Waals surface area contributed by atoms with Crippen molar-refractivity contribution in [3.8, 4) is 0 Å². The molecular weight excluding hydrogens is 196 g/mol. The first-order valence-electron chi connectivity index (χ1n) is 4.14. The molecule has 0 saturated carbocycles. The number of fused-ring (bicyclic) bond motifs is 1. The van der Waals surface area contributed by atoms with Crippen molar-refractivity contribution in [2.45, 2.75) is 12.1 Å². The molecule has 2 aromatic rings. The monoisotopic (exact) mass is 206 g/mol. The minimum absolute atomic E-state index is 0.484. The summed E-state index contributed by atoms with van der Waals surface area (Å²) in [7, 11) is 0. The molecular formula is C9H10N4S. The van der Waals surface area contributed by atoms with E-state index in [9.17, 15) is 0 Å². The number of aromatic nitrogens is 3. The van der Waals surface area contributed by atoms with E-state index in [-0.39, 0.29) is 0 Å². The Balaban J connectivity index is 2.80. The molecule has 0 bridgehead atoms. The Morgan fingerprint density at radius 3 is 2.79 bits per heavy atom. The largest absolute Gasteiger partial charge is 0.383 e. The number of nitrogens with two attached hydrogens (primary N) is 1. The number of nitrogen functional groups attached to an aromatic ring is 1. The number of hydrogen-bond donors (Lipinski definition) is 1. The Morgan fingerprint density at radius 2 is 2.07 bits per heavy atom.